The van der Waals surface area contributed by atoms with Gasteiger partial charge in [0.2, 0.25) is 0 Å². The molecule has 4 rings (SSSR count). The first-order valence-corrected chi connectivity index (χ1v) is 11.8. The molecule has 2 aliphatic rings. The second-order valence-corrected chi connectivity index (χ2v) is 9.84. The number of amides is 1. The third-order valence-electron chi connectivity index (χ3n) is 5.85. The van der Waals surface area contributed by atoms with Crippen molar-refractivity contribution in [2.45, 2.75) is 36.0 Å². The molecule has 1 amide bonds. The largest absolute Gasteiger partial charge is 0.486 e. The van der Waals surface area contributed by atoms with Crippen molar-refractivity contribution in [2.24, 2.45) is 0 Å². The molecule has 0 spiro atoms. The van der Waals surface area contributed by atoms with E-state index in [0.717, 1.165) is 49.0 Å². The molecular weight excluding hydrogens is 390 g/mol. The van der Waals surface area contributed by atoms with Crippen LogP contribution in [0.15, 0.2) is 47.4 Å². The van der Waals surface area contributed by atoms with Crippen LogP contribution in [-0.4, -0.2) is 40.3 Å². The van der Waals surface area contributed by atoms with Gasteiger partial charge in [-0.3, -0.25) is 4.79 Å². The van der Waals surface area contributed by atoms with Gasteiger partial charge in [-0.1, -0.05) is 18.9 Å². The summed E-state index contributed by atoms with van der Waals surface area (Å²) in [4.78, 5) is 12.9. The molecule has 154 valence electrons. The number of nitrogens with one attached hydrogen (secondary N) is 1. The number of carbonyl (C=O) groups excluding carboxylic acids is 1. The molecule has 2 aromatic rings. The molecule has 1 N–H and O–H groups in total. The number of sulfone groups is 1. The highest BCUT2D eigenvalue weighted by Gasteiger charge is 2.37. The summed E-state index contributed by atoms with van der Waals surface area (Å²) in [5.41, 5.74) is 1.48. The SMILES string of the molecule is CS(=O)(=O)c1ccc(C(=O)NCC2(c3ccc4c(c3)OCCO4)CCCC2)cc1. The van der Waals surface area contributed by atoms with Crippen molar-refractivity contribution in [1.82, 2.24) is 5.32 Å². The highest BCUT2D eigenvalue weighted by molar-refractivity contribution is 7.90. The fourth-order valence-electron chi connectivity index (χ4n) is 4.20. The third kappa shape index (κ3) is 4.10. The van der Waals surface area contributed by atoms with E-state index < -0.39 is 9.84 Å². The molecule has 0 atom stereocenters. The first kappa shape index (κ1) is 19.8. The highest BCUT2D eigenvalue weighted by atomic mass is 32.2. The van der Waals surface area contributed by atoms with Crippen molar-refractivity contribution in [3.63, 3.8) is 0 Å². The van der Waals surface area contributed by atoms with Crippen LogP contribution in [0.4, 0.5) is 0 Å². The Balaban J connectivity index is 1.51. The fraction of sp³-hybridized carbons (Fsp3) is 0.409. The summed E-state index contributed by atoms with van der Waals surface area (Å²) < 4.78 is 34.6. The Hall–Kier alpha value is -2.54. The van der Waals surface area contributed by atoms with E-state index >= 15 is 0 Å². The van der Waals surface area contributed by atoms with E-state index in [1.807, 2.05) is 12.1 Å². The number of fused-ring (bicyclic) bond motifs is 1. The monoisotopic (exact) mass is 415 g/mol. The first-order chi connectivity index (χ1) is 13.9. The van der Waals surface area contributed by atoms with Gasteiger partial charge in [-0.2, -0.15) is 0 Å². The Morgan fingerprint density at radius 2 is 1.66 bits per heavy atom. The van der Waals surface area contributed by atoms with Crippen molar-refractivity contribution in [1.29, 1.82) is 0 Å². The lowest BCUT2D eigenvalue weighted by atomic mass is 9.78. The van der Waals surface area contributed by atoms with E-state index in [1.54, 1.807) is 12.1 Å². The lowest BCUT2D eigenvalue weighted by Crippen LogP contribution is -2.39. The quantitative estimate of drug-likeness (QED) is 0.812. The first-order valence-electron chi connectivity index (χ1n) is 9.86. The minimum atomic E-state index is -3.28. The summed E-state index contributed by atoms with van der Waals surface area (Å²) in [6, 6.07) is 12.1. The van der Waals surface area contributed by atoms with Crippen LogP contribution in [0.3, 0.4) is 0 Å². The summed E-state index contributed by atoms with van der Waals surface area (Å²) in [5, 5.41) is 3.06. The van der Waals surface area contributed by atoms with Crippen LogP contribution < -0.4 is 14.8 Å². The van der Waals surface area contributed by atoms with Crippen LogP contribution in [0, 0.1) is 0 Å². The maximum absolute atomic E-state index is 12.7. The van der Waals surface area contributed by atoms with Crippen LogP contribution in [0.5, 0.6) is 11.5 Å². The van der Waals surface area contributed by atoms with Crippen molar-refractivity contribution in [3.8, 4) is 11.5 Å². The average Bonchev–Trinajstić information content (AvgIpc) is 3.21. The molecule has 0 bridgehead atoms. The number of rotatable bonds is 5. The Bertz CT molecular complexity index is 1010. The zero-order valence-electron chi connectivity index (χ0n) is 16.4. The maximum Gasteiger partial charge on any atom is 0.251 e. The number of benzene rings is 2. The van der Waals surface area contributed by atoms with Crippen LogP contribution in [0.1, 0.15) is 41.6 Å². The lowest BCUT2D eigenvalue weighted by molar-refractivity contribution is 0.0943. The van der Waals surface area contributed by atoms with E-state index in [-0.39, 0.29) is 16.2 Å². The molecule has 7 heteroatoms. The van der Waals surface area contributed by atoms with Crippen molar-refractivity contribution >= 4 is 15.7 Å². The Kier molecular flexibility index (Phi) is 5.25. The van der Waals surface area contributed by atoms with E-state index in [1.165, 1.54) is 12.1 Å². The summed E-state index contributed by atoms with van der Waals surface area (Å²) >= 11 is 0. The van der Waals surface area contributed by atoms with Gasteiger partial charge in [0.1, 0.15) is 13.2 Å². The van der Waals surface area contributed by atoms with E-state index in [0.29, 0.717) is 25.3 Å². The molecule has 6 nitrogen and oxygen atoms in total. The van der Waals surface area contributed by atoms with Gasteiger partial charge >= 0.3 is 0 Å². The van der Waals surface area contributed by atoms with E-state index in [9.17, 15) is 13.2 Å². The lowest BCUT2D eigenvalue weighted by Gasteiger charge is -2.31. The molecule has 0 radical (unpaired) electrons. The Morgan fingerprint density at radius 3 is 2.31 bits per heavy atom. The van der Waals surface area contributed by atoms with Gasteiger partial charge in [-0.05, 0) is 54.8 Å². The predicted octanol–water partition coefficient (Wildman–Crippen LogP) is 3.10. The molecule has 1 heterocycles. The summed E-state index contributed by atoms with van der Waals surface area (Å²) in [5.74, 6) is 1.33. The summed E-state index contributed by atoms with van der Waals surface area (Å²) in [6.45, 7) is 1.63. The number of hydrogen-bond donors (Lipinski definition) is 1. The number of carbonyl (C=O) groups is 1. The Morgan fingerprint density at radius 1 is 1.00 bits per heavy atom. The third-order valence-corrected chi connectivity index (χ3v) is 6.98. The van der Waals surface area contributed by atoms with Gasteiger partial charge in [-0.25, -0.2) is 8.42 Å². The molecule has 1 aliphatic carbocycles. The van der Waals surface area contributed by atoms with Crippen molar-refractivity contribution in [3.05, 3.63) is 53.6 Å². The Labute approximate surface area is 171 Å². The topological polar surface area (TPSA) is 81.7 Å². The van der Waals surface area contributed by atoms with Crippen molar-refractivity contribution < 1.29 is 22.7 Å². The number of ether oxygens (including phenoxy) is 2. The molecule has 29 heavy (non-hydrogen) atoms. The molecule has 0 aromatic heterocycles. The molecule has 1 fully saturated rings. The van der Waals surface area contributed by atoms with E-state index in [4.69, 9.17) is 9.47 Å². The van der Waals surface area contributed by atoms with Crippen LogP contribution in [0.2, 0.25) is 0 Å². The van der Waals surface area contributed by atoms with Gasteiger partial charge in [-0.15, -0.1) is 0 Å². The normalized spacial score (nSPS) is 17.7. The van der Waals surface area contributed by atoms with Gasteiger partial charge < -0.3 is 14.8 Å². The zero-order valence-corrected chi connectivity index (χ0v) is 17.3. The van der Waals surface area contributed by atoms with E-state index in [2.05, 4.69) is 11.4 Å². The molecule has 1 saturated carbocycles. The van der Waals surface area contributed by atoms with Crippen LogP contribution in [-0.2, 0) is 15.3 Å². The molecule has 0 saturated heterocycles. The second kappa shape index (κ2) is 7.71. The smallest absolute Gasteiger partial charge is 0.251 e. The molecule has 1 aliphatic heterocycles. The second-order valence-electron chi connectivity index (χ2n) is 7.83. The van der Waals surface area contributed by atoms with Gasteiger partial charge in [0.15, 0.2) is 21.3 Å². The fourth-order valence-corrected chi connectivity index (χ4v) is 4.83. The van der Waals surface area contributed by atoms with Crippen LogP contribution in [0.25, 0.3) is 0 Å². The van der Waals surface area contributed by atoms with Crippen LogP contribution >= 0.6 is 0 Å². The highest BCUT2D eigenvalue weighted by Crippen LogP contribution is 2.43. The summed E-state index contributed by atoms with van der Waals surface area (Å²) in [6.07, 6.45) is 5.39. The van der Waals surface area contributed by atoms with Gasteiger partial charge in [0.25, 0.3) is 5.91 Å². The predicted molar refractivity (Wildman–Crippen MR) is 109 cm³/mol. The van der Waals surface area contributed by atoms with Crippen molar-refractivity contribution in [2.75, 3.05) is 26.0 Å². The van der Waals surface area contributed by atoms with Gasteiger partial charge in [0.05, 0.1) is 4.90 Å². The minimum Gasteiger partial charge on any atom is -0.486 e. The molecule has 2 aromatic carbocycles. The average molecular weight is 416 g/mol. The summed E-state index contributed by atoms with van der Waals surface area (Å²) in [7, 11) is -3.28. The standard InChI is InChI=1S/C22H25NO5S/c1-29(25,26)18-7-4-16(5-8-18)21(24)23-15-22(10-2-3-11-22)17-6-9-19-20(14-17)28-13-12-27-19/h4-9,14H,2-3,10-13,15H2,1H3,(H,23,24). The zero-order chi connectivity index (χ0) is 20.5. The van der Waals surface area contributed by atoms with Gasteiger partial charge in [0, 0.05) is 23.8 Å². The minimum absolute atomic E-state index is 0.127. The molecular formula is C22H25NO5S. The maximum atomic E-state index is 12.7. The number of hydrogen-bond acceptors (Lipinski definition) is 5. The molecule has 0 unspecified atom stereocenters.